The first-order valence-corrected chi connectivity index (χ1v) is 7.60. The van der Waals surface area contributed by atoms with Crippen LogP contribution in [-0.2, 0) is 6.54 Å². The number of nitrogens with two attached hydrogens (primary N) is 1. The van der Waals surface area contributed by atoms with Gasteiger partial charge in [-0.3, -0.25) is 4.79 Å². The van der Waals surface area contributed by atoms with E-state index < -0.39 is 0 Å². The van der Waals surface area contributed by atoms with Crippen molar-refractivity contribution in [2.75, 3.05) is 19.9 Å². The second kappa shape index (κ2) is 6.28. The highest BCUT2D eigenvalue weighted by molar-refractivity contribution is 9.10. The Morgan fingerprint density at radius 1 is 1.45 bits per heavy atom. The van der Waals surface area contributed by atoms with Gasteiger partial charge in [-0.2, -0.15) is 0 Å². The number of thiophene rings is 1. The van der Waals surface area contributed by atoms with Gasteiger partial charge in [0.2, 0.25) is 0 Å². The predicted molar refractivity (Wildman–Crippen MR) is 85.2 cm³/mol. The molecule has 2 rings (SSSR count). The van der Waals surface area contributed by atoms with Crippen molar-refractivity contribution >= 4 is 38.9 Å². The molecule has 0 bridgehead atoms. The van der Waals surface area contributed by atoms with Gasteiger partial charge in [0.05, 0.1) is 19.2 Å². The quantitative estimate of drug-likeness (QED) is 0.856. The van der Waals surface area contributed by atoms with E-state index in [0.717, 1.165) is 9.35 Å². The second-order valence-corrected chi connectivity index (χ2v) is 6.26. The van der Waals surface area contributed by atoms with Crippen molar-refractivity contribution in [2.45, 2.75) is 6.54 Å². The summed E-state index contributed by atoms with van der Waals surface area (Å²) in [4.78, 5) is 15.2. The molecule has 0 aliphatic carbocycles. The van der Waals surface area contributed by atoms with E-state index in [1.165, 1.54) is 7.11 Å². The van der Waals surface area contributed by atoms with Gasteiger partial charge >= 0.3 is 0 Å². The largest absolute Gasteiger partial charge is 0.496 e. The third-order valence-corrected chi connectivity index (χ3v) is 4.50. The molecule has 0 saturated carbocycles. The van der Waals surface area contributed by atoms with Crippen molar-refractivity contribution in [3.8, 4) is 5.75 Å². The first kappa shape index (κ1) is 14.9. The molecule has 0 unspecified atom stereocenters. The molecule has 0 fully saturated rings. The van der Waals surface area contributed by atoms with Crippen LogP contribution in [0.2, 0.25) is 0 Å². The van der Waals surface area contributed by atoms with Crippen LogP contribution in [0.3, 0.4) is 0 Å². The lowest BCUT2D eigenvalue weighted by Gasteiger charge is -2.18. The zero-order chi connectivity index (χ0) is 14.7. The molecule has 1 aromatic heterocycles. The number of methoxy groups -OCH3 is 1. The number of anilines is 1. The molecule has 0 aliphatic heterocycles. The van der Waals surface area contributed by atoms with Crippen LogP contribution in [0, 0.1) is 0 Å². The highest BCUT2D eigenvalue weighted by Crippen LogP contribution is 2.25. The smallest absolute Gasteiger partial charge is 0.257 e. The van der Waals surface area contributed by atoms with Gasteiger partial charge in [-0.15, -0.1) is 11.3 Å². The summed E-state index contributed by atoms with van der Waals surface area (Å²) < 4.78 is 6.25. The molecule has 1 amide bonds. The summed E-state index contributed by atoms with van der Waals surface area (Å²) in [5, 5.41) is 2.00. The molecule has 0 radical (unpaired) electrons. The molecule has 1 aromatic carbocycles. The Morgan fingerprint density at radius 2 is 2.20 bits per heavy atom. The van der Waals surface area contributed by atoms with E-state index in [-0.39, 0.29) is 5.91 Å². The van der Waals surface area contributed by atoms with Gasteiger partial charge in [0.15, 0.2) is 0 Å². The fourth-order valence-corrected chi connectivity index (χ4v) is 3.34. The van der Waals surface area contributed by atoms with E-state index in [9.17, 15) is 4.79 Å². The number of ether oxygens (including phenoxy) is 1. The zero-order valence-electron chi connectivity index (χ0n) is 11.2. The Balaban J connectivity index is 2.18. The van der Waals surface area contributed by atoms with Crippen LogP contribution in [0.1, 0.15) is 15.2 Å². The Morgan fingerprint density at radius 3 is 2.80 bits per heavy atom. The lowest BCUT2D eigenvalue weighted by Crippen LogP contribution is -2.26. The van der Waals surface area contributed by atoms with Crippen LogP contribution in [0.5, 0.6) is 5.75 Å². The number of hydrogen-bond acceptors (Lipinski definition) is 4. The molecule has 1 heterocycles. The summed E-state index contributed by atoms with van der Waals surface area (Å²) in [7, 11) is 3.30. The first-order chi connectivity index (χ1) is 9.51. The summed E-state index contributed by atoms with van der Waals surface area (Å²) in [6.07, 6.45) is 0. The minimum Gasteiger partial charge on any atom is -0.496 e. The van der Waals surface area contributed by atoms with Gasteiger partial charge in [0.1, 0.15) is 5.75 Å². The topological polar surface area (TPSA) is 55.6 Å². The third kappa shape index (κ3) is 3.32. The number of nitrogen functional groups attached to an aromatic ring is 1. The monoisotopic (exact) mass is 354 g/mol. The minimum absolute atomic E-state index is 0.0913. The predicted octanol–water partition coefficient (Wildman–Crippen LogP) is 3.37. The number of hydrogen-bond donors (Lipinski definition) is 1. The van der Waals surface area contributed by atoms with Crippen molar-refractivity contribution in [1.29, 1.82) is 0 Å². The van der Waals surface area contributed by atoms with Crippen LogP contribution in [-0.4, -0.2) is 25.0 Å². The van der Waals surface area contributed by atoms with Crippen molar-refractivity contribution in [3.63, 3.8) is 0 Å². The molecule has 0 aliphatic rings. The van der Waals surface area contributed by atoms with Crippen molar-refractivity contribution in [2.24, 2.45) is 0 Å². The lowest BCUT2D eigenvalue weighted by molar-refractivity contribution is 0.0783. The number of carbonyl (C=O) groups excluding carboxylic acids is 1. The lowest BCUT2D eigenvalue weighted by atomic mass is 10.1. The standard InChI is InChI=1S/C14H15BrN2O2S/c1-17(7-11-5-9(15)8-20-11)14(18)12-4-3-10(16)6-13(12)19-2/h3-6,8H,7,16H2,1-2H3. The van der Waals surface area contributed by atoms with E-state index in [1.807, 2.05) is 11.4 Å². The van der Waals surface area contributed by atoms with E-state index in [0.29, 0.717) is 23.5 Å². The molecule has 6 heteroatoms. The summed E-state index contributed by atoms with van der Waals surface area (Å²) >= 11 is 5.02. The van der Waals surface area contributed by atoms with Gasteiger partial charge in [0, 0.05) is 33.5 Å². The van der Waals surface area contributed by atoms with E-state index in [1.54, 1.807) is 41.5 Å². The fraction of sp³-hybridized carbons (Fsp3) is 0.214. The van der Waals surface area contributed by atoms with Crippen LogP contribution in [0.4, 0.5) is 5.69 Å². The Kier molecular flexibility index (Phi) is 4.67. The number of rotatable bonds is 4. The van der Waals surface area contributed by atoms with E-state index in [2.05, 4.69) is 15.9 Å². The van der Waals surface area contributed by atoms with Gasteiger partial charge in [-0.25, -0.2) is 0 Å². The Hall–Kier alpha value is -1.53. The molecule has 2 N–H and O–H groups in total. The van der Waals surface area contributed by atoms with Crippen molar-refractivity contribution < 1.29 is 9.53 Å². The summed E-state index contributed by atoms with van der Waals surface area (Å²) in [6.45, 7) is 0.558. The zero-order valence-corrected chi connectivity index (χ0v) is 13.6. The maximum atomic E-state index is 12.4. The van der Waals surface area contributed by atoms with Crippen molar-refractivity contribution in [3.05, 3.63) is 44.6 Å². The van der Waals surface area contributed by atoms with Crippen LogP contribution < -0.4 is 10.5 Å². The van der Waals surface area contributed by atoms with E-state index >= 15 is 0 Å². The summed E-state index contributed by atoms with van der Waals surface area (Å²) in [6, 6.07) is 7.06. The van der Waals surface area contributed by atoms with E-state index in [4.69, 9.17) is 10.5 Å². The van der Waals surface area contributed by atoms with Gasteiger partial charge < -0.3 is 15.4 Å². The van der Waals surface area contributed by atoms with Crippen LogP contribution >= 0.6 is 27.3 Å². The number of nitrogens with zero attached hydrogens (tertiary/aromatic N) is 1. The summed E-state index contributed by atoms with van der Waals surface area (Å²) in [5.74, 6) is 0.403. The molecular formula is C14H15BrN2O2S. The highest BCUT2D eigenvalue weighted by atomic mass is 79.9. The molecule has 0 spiro atoms. The Bertz CT molecular complexity index is 627. The molecule has 0 atom stereocenters. The molecular weight excluding hydrogens is 340 g/mol. The summed E-state index contributed by atoms with van der Waals surface area (Å²) in [5.41, 5.74) is 6.78. The average molecular weight is 355 g/mol. The normalized spacial score (nSPS) is 10.3. The highest BCUT2D eigenvalue weighted by Gasteiger charge is 2.17. The molecule has 2 aromatic rings. The maximum Gasteiger partial charge on any atom is 0.257 e. The minimum atomic E-state index is -0.0913. The number of benzene rings is 1. The van der Waals surface area contributed by atoms with Gasteiger partial charge in [-0.05, 0) is 34.1 Å². The fourth-order valence-electron chi connectivity index (χ4n) is 1.83. The van der Waals surface area contributed by atoms with Gasteiger partial charge in [0.25, 0.3) is 5.91 Å². The third-order valence-electron chi connectivity index (χ3n) is 2.82. The average Bonchev–Trinajstić information content (AvgIpc) is 2.83. The first-order valence-electron chi connectivity index (χ1n) is 5.93. The molecule has 4 nitrogen and oxygen atoms in total. The van der Waals surface area contributed by atoms with Crippen molar-refractivity contribution in [1.82, 2.24) is 4.90 Å². The van der Waals surface area contributed by atoms with Crippen LogP contribution in [0.25, 0.3) is 0 Å². The SMILES string of the molecule is COc1cc(N)ccc1C(=O)N(C)Cc1cc(Br)cs1. The molecule has 0 saturated heterocycles. The molecule has 106 valence electrons. The maximum absolute atomic E-state index is 12.4. The van der Waals surface area contributed by atoms with Crippen LogP contribution in [0.15, 0.2) is 34.1 Å². The molecule has 20 heavy (non-hydrogen) atoms. The number of halogens is 1. The number of amides is 1. The Labute approximate surface area is 130 Å². The second-order valence-electron chi connectivity index (χ2n) is 4.35. The van der Waals surface area contributed by atoms with Gasteiger partial charge in [-0.1, -0.05) is 0 Å². The number of carbonyl (C=O) groups is 1.